The molecule has 4 rings (SSSR count). The van der Waals surface area contributed by atoms with Crippen molar-refractivity contribution in [2.75, 3.05) is 36.0 Å². The number of anilines is 2. The fourth-order valence-electron chi connectivity index (χ4n) is 3.15. The normalized spacial score (nSPS) is 15.2. The third-order valence-corrected chi connectivity index (χ3v) is 5.51. The quantitative estimate of drug-likeness (QED) is 0.640. The SMILES string of the molecule is Cc1cc(N2CCN(c3ncn(Cc4ccc(C(F)(F)F)o4)c(=O)n3)CC2)cs1. The average Bonchev–Trinajstić information content (AvgIpc) is 3.32. The van der Waals surface area contributed by atoms with E-state index in [0.29, 0.717) is 19.0 Å². The summed E-state index contributed by atoms with van der Waals surface area (Å²) in [4.78, 5) is 26.0. The number of hydrogen-bond donors (Lipinski definition) is 0. The summed E-state index contributed by atoms with van der Waals surface area (Å²) in [7, 11) is 0. The molecule has 1 saturated heterocycles. The van der Waals surface area contributed by atoms with E-state index in [9.17, 15) is 18.0 Å². The Labute approximate surface area is 168 Å². The minimum atomic E-state index is -4.56. The van der Waals surface area contributed by atoms with Crippen molar-refractivity contribution in [1.82, 2.24) is 14.5 Å². The van der Waals surface area contributed by atoms with Crippen LogP contribution in [0.15, 0.2) is 39.1 Å². The van der Waals surface area contributed by atoms with Gasteiger partial charge in [0.1, 0.15) is 12.1 Å². The Balaban J connectivity index is 1.41. The maximum Gasteiger partial charge on any atom is 0.449 e. The van der Waals surface area contributed by atoms with Gasteiger partial charge in [0.2, 0.25) is 11.7 Å². The lowest BCUT2D eigenvalue weighted by molar-refractivity contribution is -0.153. The van der Waals surface area contributed by atoms with Crippen molar-refractivity contribution in [1.29, 1.82) is 0 Å². The molecule has 0 atom stereocenters. The Bertz CT molecular complexity index is 1050. The van der Waals surface area contributed by atoms with Gasteiger partial charge < -0.3 is 14.2 Å². The predicted octanol–water partition coefficient (Wildman–Crippen LogP) is 2.99. The van der Waals surface area contributed by atoms with Crippen molar-refractivity contribution in [2.24, 2.45) is 0 Å². The molecule has 29 heavy (non-hydrogen) atoms. The first kappa shape index (κ1) is 19.5. The highest BCUT2D eigenvalue weighted by Gasteiger charge is 2.34. The number of nitrogens with zero attached hydrogens (tertiary/aromatic N) is 5. The number of aryl methyl sites for hydroxylation is 1. The summed E-state index contributed by atoms with van der Waals surface area (Å²) in [5.41, 5.74) is 0.607. The van der Waals surface area contributed by atoms with Gasteiger partial charge in [-0.05, 0) is 25.1 Å². The lowest BCUT2D eigenvalue weighted by Crippen LogP contribution is -2.47. The van der Waals surface area contributed by atoms with Crippen molar-refractivity contribution in [3.8, 4) is 0 Å². The molecule has 0 N–H and O–H groups in total. The van der Waals surface area contributed by atoms with Gasteiger partial charge in [-0.25, -0.2) is 9.78 Å². The van der Waals surface area contributed by atoms with Crippen LogP contribution in [0, 0.1) is 6.92 Å². The summed E-state index contributed by atoms with van der Waals surface area (Å²) in [6, 6.07) is 4.18. The molecule has 0 amide bonds. The van der Waals surface area contributed by atoms with Gasteiger partial charge in [0.05, 0.1) is 6.54 Å². The first-order valence-electron chi connectivity index (χ1n) is 8.94. The smallest absolute Gasteiger partial charge is 0.449 e. The molecule has 1 aliphatic rings. The molecule has 11 heteroatoms. The molecule has 3 aromatic heterocycles. The first-order valence-corrected chi connectivity index (χ1v) is 9.82. The maximum absolute atomic E-state index is 12.6. The van der Waals surface area contributed by atoms with Crippen LogP contribution in [0.5, 0.6) is 0 Å². The van der Waals surface area contributed by atoms with Crippen molar-refractivity contribution in [2.45, 2.75) is 19.6 Å². The van der Waals surface area contributed by atoms with E-state index >= 15 is 0 Å². The zero-order valence-corrected chi connectivity index (χ0v) is 16.3. The maximum atomic E-state index is 12.6. The molecular formula is C18H18F3N5O2S. The van der Waals surface area contributed by atoms with Crippen molar-refractivity contribution >= 4 is 23.0 Å². The number of rotatable bonds is 4. The van der Waals surface area contributed by atoms with Gasteiger partial charge in [0.15, 0.2) is 0 Å². The van der Waals surface area contributed by atoms with E-state index < -0.39 is 17.6 Å². The van der Waals surface area contributed by atoms with E-state index in [1.807, 2.05) is 4.90 Å². The third-order valence-electron chi connectivity index (χ3n) is 4.67. The Kier molecular flexibility index (Phi) is 5.07. The Morgan fingerprint density at radius 1 is 1.17 bits per heavy atom. The molecule has 0 saturated carbocycles. The second kappa shape index (κ2) is 7.54. The van der Waals surface area contributed by atoms with Gasteiger partial charge in [-0.3, -0.25) is 4.57 Å². The highest BCUT2D eigenvalue weighted by atomic mass is 32.1. The molecular weight excluding hydrogens is 407 g/mol. The topological polar surface area (TPSA) is 67.4 Å². The summed E-state index contributed by atoms with van der Waals surface area (Å²) < 4.78 is 43.7. The molecule has 0 bridgehead atoms. The van der Waals surface area contributed by atoms with Gasteiger partial charge >= 0.3 is 11.9 Å². The highest BCUT2D eigenvalue weighted by Crippen LogP contribution is 2.30. The molecule has 0 aromatic carbocycles. The zero-order valence-electron chi connectivity index (χ0n) is 15.5. The number of piperazine rings is 1. The van der Waals surface area contributed by atoms with Crippen LogP contribution in [-0.4, -0.2) is 40.7 Å². The monoisotopic (exact) mass is 425 g/mol. The average molecular weight is 425 g/mol. The van der Waals surface area contributed by atoms with Crippen LogP contribution in [0.2, 0.25) is 0 Å². The van der Waals surface area contributed by atoms with Gasteiger partial charge in [-0.2, -0.15) is 18.2 Å². The second-order valence-corrected chi connectivity index (χ2v) is 7.84. The lowest BCUT2D eigenvalue weighted by atomic mass is 10.3. The summed E-state index contributed by atoms with van der Waals surface area (Å²) in [5, 5.41) is 2.13. The second-order valence-electron chi connectivity index (χ2n) is 6.72. The molecule has 0 aliphatic carbocycles. The van der Waals surface area contributed by atoms with Crippen LogP contribution in [-0.2, 0) is 12.7 Å². The van der Waals surface area contributed by atoms with Crippen molar-refractivity contribution in [3.05, 3.63) is 56.8 Å². The van der Waals surface area contributed by atoms with Crippen LogP contribution in [0.4, 0.5) is 24.8 Å². The van der Waals surface area contributed by atoms with E-state index in [-0.39, 0.29) is 12.3 Å². The zero-order chi connectivity index (χ0) is 20.6. The molecule has 1 aliphatic heterocycles. The largest absolute Gasteiger partial charge is 0.455 e. The molecule has 154 valence electrons. The number of furan rings is 1. The molecule has 0 unspecified atom stereocenters. The van der Waals surface area contributed by atoms with Crippen LogP contribution < -0.4 is 15.5 Å². The summed E-state index contributed by atoms with van der Waals surface area (Å²) in [6.07, 6.45) is -3.28. The van der Waals surface area contributed by atoms with Gasteiger partial charge in [0.25, 0.3) is 0 Å². The van der Waals surface area contributed by atoms with E-state index in [1.54, 1.807) is 11.3 Å². The molecule has 3 aromatic rings. The Hall–Kier alpha value is -2.82. The Morgan fingerprint density at radius 3 is 2.48 bits per heavy atom. The Morgan fingerprint density at radius 2 is 1.90 bits per heavy atom. The van der Waals surface area contributed by atoms with E-state index in [0.717, 1.165) is 23.7 Å². The van der Waals surface area contributed by atoms with Crippen molar-refractivity contribution in [3.63, 3.8) is 0 Å². The van der Waals surface area contributed by atoms with Gasteiger partial charge in [0, 0.05) is 42.1 Å². The minimum absolute atomic E-state index is 0.00967. The first-order chi connectivity index (χ1) is 13.8. The lowest BCUT2D eigenvalue weighted by Gasteiger charge is -2.35. The van der Waals surface area contributed by atoms with Gasteiger partial charge in [-0.1, -0.05) is 0 Å². The van der Waals surface area contributed by atoms with Crippen LogP contribution in [0.3, 0.4) is 0 Å². The van der Waals surface area contributed by atoms with E-state index in [4.69, 9.17) is 4.42 Å². The van der Waals surface area contributed by atoms with E-state index in [1.165, 1.54) is 23.0 Å². The number of hydrogen-bond acceptors (Lipinski definition) is 7. The minimum Gasteiger partial charge on any atom is -0.455 e. The summed E-state index contributed by atoms with van der Waals surface area (Å²) >= 11 is 1.71. The molecule has 7 nitrogen and oxygen atoms in total. The highest BCUT2D eigenvalue weighted by molar-refractivity contribution is 7.10. The van der Waals surface area contributed by atoms with E-state index in [2.05, 4.69) is 33.2 Å². The molecule has 4 heterocycles. The number of halogens is 3. The van der Waals surface area contributed by atoms with Crippen LogP contribution >= 0.6 is 11.3 Å². The number of thiophene rings is 1. The number of aromatic nitrogens is 3. The molecule has 0 spiro atoms. The van der Waals surface area contributed by atoms with Gasteiger partial charge in [-0.15, -0.1) is 11.3 Å². The third kappa shape index (κ3) is 4.29. The standard InChI is InChI=1S/C18H18F3N5O2S/c1-12-8-13(10-29-12)24-4-6-25(7-5-24)16-22-11-26(17(27)23-16)9-14-2-3-15(28-14)18(19,20)21/h2-3,8,10-11H,4-7,9H2,1H3. The molecule has 1 fully saturated rings. The van der Waals surface area contributed by atoms with Crippen LogP contribution in [0.1, 0.15) is 16.4 Å². The molecule has 0 radical (unpaired) electrons. The fraction of sp³-hybridized carbons (Fsp3) is 0.389. The van der Waals surface area contributed by atoms with Crippen LogP contribution in [0.25, 0.3) is 0 Å². The summed E-state index contributed by atoms with van der Waals surface area (Å²) in [6.45, 7) is 4.82. The summed E-state index contributed by atoms with van der Waals surface area (Å²) in [5.74, 6) is -0.768. The predicted molar refractivity (Wildman–Crippen MR) is 103 cm³/mol. The fourth-order valence-corrected chi connectivity index (χ4v) is 3.87. The number of alkyl halides is 3. The van der Waals surface area contributed by atoms with Crippen molar-refractivity contribution < 1.29 is 17.6 Å².